The molecule has 3 heterocycles. The second-order valence-corrected chi connectivity index (χ2v) is 7.14. The number of pyridine rings is 1. The third kappa shape index (κ3) is 2.74. The van der Waals surface area contributed by atoms with Gasteiger partial charge in [-0.3, -0.25) is 9.97 Å². The number of aromatic amines is 1. The highest BCUT2D eigenvalue weighted by Gasteiger charge is 2.08. The van der Waals surface area contributed by atoms with Gasteiger partial charge < -0.3 is 4.98 Å². The van der Waals surface area contributed by atoms with E-state index in [2.05, 4.69) is 75.6 Å². The summed E-state index contributed by atoms with van der Waals surface area (Å²) in [5.41, 5.74) is 7.88. The van der Waals surface area contributed by atoms with Gasteiger partial charge in [-0.1, -0.05) is 42.5 Å². The normalized spacial score (nSPS) is 11.4. The van der Waals surface area contributed by atoms with Crippen molar-refractivity contribution < 1.29 is 0 Å². The second-order valence-electron chi connectivity index (χ2n) is 7.14. The molecule has 0 unspecified atom stereocenters. The van der Waals surface area contributed by atoms with Crippen LogP contribution >= 0.6 is 0 Å². The molecule has 0 aliphatic heterocycles. The minimum Gasteiger partial charge on any atom is -0.355 e. The Morgan fingerprint density at radius 1 is 0.621 bits per heavy atom. The van der Waals surface area contributed by atoms with E-state index in [0.717, 1.165) is 50.0 Å². The van der Waals surface area contributed by atoms with E-state index in [1.54, 1.807) is 0 Å². The standard InChI is InChI=1S/C25H16N4/c1-2-6-20-17(4-1)13-23(28-20)18-9-10-21-24(14-18)29-25(15-27-21)19-8-7-16-5-3-11-26-22(16)12-19/h1-15,28H. The Labute approximate surface area is 166 Å². The van der Waals surface area contributed by atoms with E-state index in [-0.39, 0.29) is 0 Å². The molecule has 0 amide bonds. The second kappa shape index (κ2) is 6.24. The van der Waals surface area contributed by atoms with Crippen LogP contribution in [0.1, 0.15) is 0 Å². The van der Waals surface area contributed by atoms with Crippen molar-refractivity contribution in [1.82, 2.24) is 19.9 Å². The van der Waals surface area contributed by atoms with Crippen LogP contribution in [-0.4, -0.2) is 19.9 Å². The minimum atomic E-state index is 0.846. The van der Waals surface area contributed by atoms with Gasteiger partial charge in [0.05, 0.1) is 28.4 Å². The molecule has 0 saturated carbocycles. The van der Waals surface area contributed by atoms with Crippen LogP contribution < -0.4 is 0 Å². The van der Waals surface area contributed by atoms with Gasteiger partial charge in [0.2, 0.25) is 0 Å². The highest BCUT2D eigenvalue weighted by Crippen LogP contribution is 2.28. The molecule has 4 nitrogen and oxygen atoms in total. The van der Waals surface area contributed by atoms with E-state index in [0.29, 0.717) is 0 Å². The first kappa shape index (κ1) is 16.0. The molecular weight excluding hydrogens is 356 g/mol. The maximum absolute atomic E-state index is 4.89. The Morgan fingerprint density at radius 3 is 2.45 bits per heavy atom. The van der Waals surface area contributed by atoms with E-state index in [4.69, 9.17) is 4.98 Å². The summed E-state index contributed by atoms with van der Waals surface area (Å²) in [5, 5.41) is 2.32. The molecule has 0 radical (unpaired) electrons. The fourth-order valence-corrected chi connectivity index (χ4v) is 3.77. The number of para-hydroxylation sites is 1. The van der Waals surface area contributed by atoms with Crippen LogP contribution in [0.4, 0.5) is 0 Å². The summed E-state index contributed by atoms with van der Waals surface area (Å²) in [4.78, 5) is 17.4. The molecule has 0 saturated heterocycles. The predicted octanol–water partition coefficient (Wildman–Crippen LogP) is 5.99. The Balaban J connectivity index is 1.47. The van der Waals surface area contributed by atoms with Gasteiger partial charge in [0.15, 0.2) is 0 Å². The van der Waals surface area contributed by atoms with Crippen molar-refractivity contribution in [1.29, 1.82) is 0 Å². The van der Waals surface area contributed by atoms with Gasteiger partial charge in [-0.15, -0.1) is 0 Å². The van der Waals surface area contributed by atoms with E-state index >= 15 is 0 Å². The number of hydrogen-bond donors (Lipinski definition) is 1. The first-order chi connectivity index (χ1) is 14.3. The average molecular weight is 372 g/mol. The number of rotatable bonds is 2. The summed E-state index contributed by atoms with van der Waals surface area (Å²) < 4.78 is 0. The van der Waals surface area contributed by atoms with Gasteiger partial charge in [0.1, 0.15) is 0 Å². The molecule has 29 heavy (non-hydrogen) atoms. The third-order valence-electron chi connectivity index (χ3n) is 5.28. The maximum Gasteiger partial charge on any atom is 0.0901 e. The predicted molar refractivity (Wildman–Crippen MR) is 118 cm³/mol. The van der Waals surface area contributed by atoms with Crippen LogP contribution in [0.2, 0.25) is 0 Å². The van der Waals surface area contributed by atoms with Gasteiger partial charge in [0, 0.05) is 39.3 Å². The molecular formula is C25H16N4. The molecule has 3 aromatic heterocycles. The first-order valence-corrected chi connectivity index (χ1v) is 9.54. The van der Waals surface area contributed by atoms with Crippen LogP contribution in [0.5, 0.6) is 0 Å². The molecule has 0 aliphatic rings. The van der Waals surface area contributed by atoms with Crippen molar-refractivity contribution in [3.63, 3.8) is 0 Å². The SMILES string of the molecule is c1cnc2cc(-c3cnc4ccc(-c5cc6ccccc6[nH]5)cc4n3)ccc2c1. The number of H-pyrrole nitrogens is 1. The highest BCUT2D eigenvalue weighted by atomic mass is 14.8. The van der Waals surface area contributed by atoms with E-state index in [1.807, 2.05) is 30.6 Å². The number of fused-ring (bicyclic) bond motifs is 3. The molecule has 0 atom stereocenters. The molecule has 4 heteroatoms. The van der Waals surface area contributed by atoms with Crippen LogP contribution in [0, 0.1) is 0 Å². The molecule has 6 aromatic rings. The Hall–Kier alpha value is -4.05. The Morgan fingerprint density at radius 2 is 1.48 bits per heavy atom. The Bertz CT molecular complexity index is 1480. The molecule has 136 valence electrons. The van der Waals surface area contributed by atoms with Crippen molar-refractivity contribution in [3.8, 4) is 22.5 Å². The van der Waals surface area contributed by atoms with E-state index in [1.165, 1.54) is 5.39 Å². The summed E-state index contributed by atoms with van der Waals surface area (Å²) in [5.74, 6) is 0. The molecule has 1 N–H and O–H groups in total. The Kier molecular flexibility index (Phi) is 3.43. The number of hydrogen-bond acceptors (Lipinski definition) is 3. The monoisotopic (exact) mass is 372 g/mol. The molecule has 0 fully saturated rings. The number of benzene rings is 3. The number of nitrogens with zero attached hydrogens (tertiary/aromatic N) is 3. The van der Waals surface area contributed by atoms with Gasteiger partial charge in [-0.05, 0) is 36.4 Å². The maximum atomic E-state index is 4.89. The average Bonchev–Trinajstić information content (AvgIpc) is 3.22. The smallest absolute Gasteiger partial charge is 0.0901 e. The zero-order chi connectivity index (χ0) is 19.2. The number of nitrogens with one attached hydrogen (secondary N) is 1. The summed E-state index contributed by atoms with van der Waals surface area (Å²) in [6.45, 7) is 0. The van der Waals surface area contributed by atoms with Crippen LogP contribution in [0.3, 0.4) is 0 Å². The zero-order valence-corrected chi connectivity index (χ0v) is 15.5. The molecule has 0 spiro atoms. The lowest BCUT2D eigenvalue weighted by molar-refractivity contribution is 1.29. The number of aromatic nitrogens is 4. The van der Waals surface area contributed by atoms with Gasteiger partial charge >= 0.3 is 0 Å². The van der Waals surface area contributed by atoms with Crippen molar-refractivity contribution in [3.05, 3.63) is 91.3 Å². The zero-order valence-electron chi connectivity index (χ0n) is 15.5. The van der Waals surface area contributed by atoms with Gasteiger partial charge in [0.25, 0.3) is 0 Å². The van der Waals surface area contributed by atoms with Crippen molar-refractivity contribution >= 4 is 32.8 Å². The van der Waals surface area contributed by atoms with Crippen molar-refractivity contribution in [2.45, 2.75) is 0 Å². The topological polar surface area (TPSA) is 54.5 Å². The lowest BCUT2D eigenvalue weighted by Crippen LogP contribution is -1.90. The van der Waals surface area contributed by atoms with E-state index < -0.39 is 0 Å². The first-order valence-electron chi connectivity index (χ1n) is 9.54. The third-order valence-corrected chi connectivity index (χ3v) is 5.28. The summed E-state index contributed by atoms with van der Waals surface area (Å²) in [6.07, 6.45) is 3.64. The summed E-state index contributed by atoms with van der Waals surface area (Å²) in [7, 11) is 0. The lowest BCUT2D eigenvalue weighted by atomic mass is 10.1. The van der Waals surface area contributed by atoms with Crippen molar-refractivity contribution in [2.75, 3.05) is 0 Å². The summed E-state index contributed by atoms with van der Waals surface area (Å²) in [6, 6.07) is 26.9. The molecule has 6 rings (SSSR count). The molecule has 0 aliphatic carbocycles. The molecule has 3 aromatic carbocycles. The van der Waals surface area contributed by atoms with E-state index in [9.17, 15) is 0 Å². The highest BCUT2D eigenvalue weighted by molar-refractivity contribution is 5.89. The van der Waals surface area contributed by atoms with Crippen molar-refractivity contribution in [2.24, 2.45) is 0 Å². The van der Waals surface area contributed by atoms with Gasteiger partial charge in [-0.2, -0.15) is 0 Å². The lowest BCUT2D eigenvalue weighted by Gasteiger charge is -2.06. The van der Waals surface area contributed by atoms with Crippen LogP contribution in [0.15, 0.2) is 91.3 Å². The quantitative estimate of drug-likeness (QED) is 0.406. The summed E-state index contributed by atoms with van der Waals surface area (Å²) >= 11 is 0. The van der Waals surface area contributed by atoms with Crippen LogP contribution in [0.25, 0.3) is 55.4 Å². The van der Waals surface area contributed by atoms with Gasteiger partial charge in [-0.25, -0.2) is 4.98 Å². The van der Waals surface area contributed by atoms with Crippen LogP contribution in [-0.2, 0) is 0 Å². The largest absolute Gasteiger partial charge is 0.355 e. The fraction of sp³-hybridized carbons (Fsp3) is 0. The fourth-order valence-electron chi connectivity index (χ4n) is 3.77. The molecule has 0 bridgehead atoms. The minimum absolute atomic E-state index is 0.846.